The zero-order valence-electron chi connectivity index (χ0n) is 7.52. The number of nitrogens with two attached hydrogens (primary N) is 1. The highest BCUT2D eigenvalue weighted by Crippen LogP contribution is 2.02. The number of aliphatic imine (C=N–C) groups is 1. The summed E-state index contributed by atoms with van der Waals surface area (Å²) in [5.41, 5.74) is 5.91. The zero-order valence-corrected chi connectivity index (χ0v) is 7.52. The van der Waals surface area contributed by atoms with Gasteiger partial charge in [0, 0.05) is 24.7 Å². The second kappa shape index (κ2) is 4.23. The van der Waals surface area contributed by atoms with Gasteiger partial charge in [0.2, 0.25) is 0 Å². The molecule has 3 heteroatoms. The number of hydrogen-bond donors (Lipinski definition) is 2. The quantitative estimate of drug-likeness (QED) is 0.589. The molecule has 0 saturated carbocycles. The molecule has 0 rings (SSSR count). The minimum Gasteiger partial charge on any atom is -0.325 e. The Hall–Kier alpha value is -0.700. The molecule has 0 aliphatic heterocycles. The largest absolute Gasteiger partial charge is 0.325 e. The number of nitrogens with zero attached hydrogens (tertiary/aromatic N) is 1. The van der Waals surface area contributed by atoms with E-state index in [0.29, 0.717) is 12.1 Å². The highest BCUT2D eigenvalue weighted by atomic mass is 14.7. The molecule has 0 unspecified atom stereocenters. The Labute approximate surface area is 68.2 Å². The maximum atomic E-state index is 7.42. The van der Waals surface area contributed by atoms with Gasteiger partial charge in [0.25, 0.3) is 0 Å². The zero-order chi connectivity index (χ0) is 8.91. The summed E-state index contributed by atoms with van der Waals surface area (Å²) in [6.45, 7) is 6.48. The predicted molar refractivity (Wildman–Crippen MR) is 49.6 cm³/mol. The minimum absolute atomic E-state index is 0.295. The molecule has 0 radical (unpaired) electrons. The number of hydrogen-bond acceptors (Lipinski definition) is 3. The molecule has 0 aromatic rings. The lowest BCUT2D eigenvalue weighted by molar-refractivity contribution is 0.543. The predicted octanol–water partition coefficient (Wildman–Crippen LogP) is 1.22. The third-order valence-corrected chi connectivity index (χ3v) is 1.08. The molecule has 0 heterocycles. The van der Waals surface area contributed by atoms with Crippen LogP contribution in [-0.4, -0.2) is 24.0 Å². The van der Waals surface area contributed by atoms with Gasteiger partial charge >= 0.3 is 0 Å². The van der Waals surface area contributed by atoms with Gasteiger partial charge in [-0.2, -0.15) is 0 Å². The normalized spacial score (nSPS) is 12.4. The first-order chi connectivity index (χ1) is 4.95. The first kappa shape index (κ1) is 10.3. The van der Waals surface area contributed by atoms with Gasteiger partial charge in [-0.15, -0.1) is 0 Å². The monoisotopic (exact) mass is 155 g/mol. The van der Waals surface area contributed by atoms with E-state index < -0.39 is 0 Å². The van der Waals surface area contributed by atoms with Gasteiger partial charge in [-0.25, -0.2) is 0 Å². The summed E-state index contributed by atoms with van der Waals surface area (Å²) in [5.74, 6) is 0. The van der Waals surface area contributed by atoms with E-state index in [1.165, 1.54) is 0 Å². The lowest BCUT2D eigenvalue weighted by Gasteiger charge is -2.16. The van der Waals surface area contributed by atoms with E-state index in [9.17, 15) is 0 Å². The summed E-state index contributed by atoms with van der Waals surface area (Å²) in [5, 5.41) is 7.42. The highest BCUT2D eigenvalue weighted by molar-refractivity contribution is 6.29. The fourth-order valence-electron chi connectivity index (χ4n) is 0.738. The van der Waals surface area contributed by atoms with E-state index in [4.69, 9.17) is 11.1 Å². The van der Waals surface area contributed by atoms with Crippen molar-refractivity contribution in [2.45, 2.75) is 32.7 Å². The topological polar surface area (TPSA) is 62.2 Å². The fraction of sp³-hybridized carbons (Fsp3) is 0.750. The first-order valence-electron chi connectivity index (χ1n) is 3.82. The Kier molecular flexibility index (Phi) is 3.97. The van der Waals surface area contributed by atoms with Crippen molar-refractivity contribution < 1.29 is 0 Å². The summed E-state index contributed by atoms with van der Waals surface area (Å²) in [6.07, 6.45) is 2.16. The SMILES string of the molecule is CCN=CC(=N)CC(C)(C)N. The van der Waals surface area contributed by atoms with Gasteiger partial charge < -0.3 is 11.1 Å². The van der Waals surface area contributed by atoms with Crippen LogP contribution in [0.15, 0.2) is 4.99 Å². The number of rotatable bonds is 4. The third-order valence-electron chi connectivity index (χ3n) is 1.08. The van der Waals surface area contributed by atoms with Crippen LogP contribution in [0.4, 0.5) is 0 Å². The molecule has 64 valence electrons. The van der Waals surface area contributed by atoms with Gasteiger partial charge in [0.15, 0.2) is 0 Å². The van der Waals surface area contributed by atoms with Crippen LogP contribution in [0.1, 0.15) is 27.2 Å². The molecule has 0 spiro atoms. The van der Waals surface area contributed by atoms with Crippen LogP contribution in [0.5, 0.6) is 0 Å². The van der Waals surface area contributed by atoms with Crippen molar-refractivity contribution in [1.82, 2.24) is 0 Å². The number of nitrogens with one attached hydrogen (secondary N) is 1. The summed E-state index contributed by atoms with van der Waals surface area (Å²) >= 11 is 0. The summed E-state index contributed by atoms with van der Waals surface area (Å²) < 4.78 is 0. The molecule has 0 aliphatic rings. The molecule has 0 atom stereocenters. The summed E-state index contributed by atoms with van der Waals surface area (Å²) in [4.78, 5) is 3.95. The molecule has 0 bridgehead atoms. The van der Waals surface area contributed by atoms with E-state index >= 15 is 0 Å². The summed E-state index contributed by atoms with van der Waals surface area (Å²) in [7, 11) is 0. The van der Waals surface area contributed by atoms with E-state index in [1.807, 2.05) is 20.8 Å². The summed E-state index contributed by atoms with van der Waals surface area (Å²) in [6, 6.07) is 0. The smallest absolute Gasteiger partial charge is 0.0510 e. The molecular weight excluding hydrogens is 138 g/mol. The fourth-order valence-corrected chi connectivity index (χ4v) is 0.738. The average Bonchev–Trinajstić information content (AvgIpc) is 1.79. The van der Waals surface area contributed by atoms with E-state index in [1.54, 1.807) is 6.21 Å². The van der Waals surface area contributed by atoms with Crippen LogP contribution >= 0.6 is 0 Å². The Morgan fingerprint density at radius 3 is 2.55 bits per heavy atom. The van der Waals surface area contributed by atoms with E-state index in [-0.39, 0.29) is 5.54 Å². The molecule has 0 aromatic carbocycles. The van der Waals surface area contributed by atoms with Crippen molar-refractivity contribution >= 4 is 11.9 Å². The molecule has 0 fully saturated rings. The van der Waals surface area contributed by atoms with Crippen LogP contribution in [0.3, 0.4) is 0 Å². The van der Waals surface area contributed by atoms with Gasteiger partial charge in [0.1, 0.15) is 0 Å². The Bertz CT molecular complexity index is 153. The maximum absolute atomic E-state index is 7.42. The van der Waals surface area contributed by atoms with Crippen LogP contribution in [-0.2, 0) is 0 Å². The standard InChI is InChI=1S/C8H17N3/c1-4-11-6-7(9)5-8(2,3)10/h6,9H,4-5,10H2,1-3H3. The van der Waals surface area contributed by atoms with Crippen molar-refractivity contribution in [1.29, 1.82) is 5.41 Å². The van der Waals surface area contributed by atoms with E-state index in [0.717, 1.165) is 6.54 Å². The Morgan fingerprint density at radius 2 is 2.18 bits per heavy atom. The molecule has 3 nitrogen and oxygen atoms in total. The average molecular weight is 155 g/mol. The van der Waals surface area contributed by atoms with Crippen molar-refractivity contribution in [3.05, 3.63) is 0 Å². The lowest BCUT2D eigenvalue weighted by atomic mass is 9.99. The van der Waals surface area contributed by atoms with Gasteiger partial charge in [0.05, 0.1) is 5.71 Å². The minimum atomic E-state index is -0.295. The maximum Gasteiger partial charge on any atom is 0.0510 e. The third kappa shape index (κ3) is 7.19. The Balaban J connectivity index is 3.80. The lowest BCUT2D eigenvalue weighted by Crippen LogP contribution is -2.34. The molecule has 0 amide bonds. The Morgan fingerprint density at radius 1 is 1.64 bits per heavy atom. The van der Waals surface area contributed by atoms with Gasteiger partial charge in [-0.1, -0.05) is 0 Å². The highest BCUT2D eigenvalue weighted by Gasteiger charge is 2.11. The molecule has 3 N–H and O–H groups in total. The van der Waals surface area contributed by atoms with Crippen molar-refractivity contribution in [2.24, 2.45) is 10.7 Å². The molecule has 0 aromatic heterocycles. The van der Waals surface area contributed by atoms with Crippen LogP contribution in [0, 0.1) is 5.41 Å². The van der Waals surface area contributed by atoms with Crippen molar-refractivity contribution in [2.75, 3.05) is 6.54 Å². The van der Waals surface area contributed by atoms with Crippen molar-refractivity contribution in [3.63, 3.8) is 0 Å². The molecule has 11 heavy (non-hydrogen) atoms. The van der Waals surface area contributed by atoms with Crippen LogP contribution < -0.4 is 5.73 Å². The van der Waals surface area contributed by atoms with Crippen molar-refractivity contribution in [3.8, 4) is 0 Å². The molecule has 0 aliphatic carbocycles. The second-order valence-corrected chi connectivity index (χ2v) is 3.32. The van der Waals surface area contributed by atoms with Gasteiger partial charge in [-0.05, 0) is 20.8 Å². The first-order valence-corrected chi connectivity index (χ1v) is 3.82. The molecule has 0 saturated heterocycles. The van der Waals surface area contributed by atoms with Gasteiger partial charge in [-0.3, -0.25) is 4.99 Å². The second-order valence-electron chi connectivity index (χ2n) is 3.32. The van der Waals surface area contributed by atoms with Crippen LogP contribution in [0.2, 0.25) is 0 Å². The van der Waals surface area contributed by atoms with E-state index in [2.05, 4.69) is 4.99 Å². The molecular formula is C8H17N3. The van der Waals surface area contributed by atoms with Crippen LogP contribution in [0.25, 0.3) is 0 Å².